The van der Waals surface area contributed by atoms with E-state index in [1.165, 1.54) is 0 Å². The highest BCUT2D eigenvalue weighted by molar-refractivity contribution is 6.30. The minimum Gasteiger partial charge on any atom is -0.497 e. The Morgan fingerprint density at radius 3 is 2.58 bits per heavy atom. The van der Waals surface area contributed by atoms with Gasteiger partial charge in [-0.3, -0.25) is 4.79 Å². The summed E-state index contributed by atoms with van der Waals surface area (Å²) in [4.78, 5) is 11.8. The van der Waals surface area contributed by atoms with Crippen LogP contribution in [0.15, 0.2) is 24.3 Å². The maximum Gasteiger partial charge on any atom is 0.242 e. The van der Waals surface area contributed by atoms with Crippen molar-refractivity contribution < 1.29 is 14.6 Å². The highest BCUT2D eigenvalue weighted by Crippen LogP contribution is 2.22. The van der Waals surface area contributed by atoms with Crippen LogP contribution in [0.2, 0.25) is 0 Å². The molecule has 0 aliphatic heterocycles. The smallest absolute Gasteiger partial charge is 0.242 e. The molecular weight excluding hydrogens is 266 g/mol. The maximum atomic E-state index is 11.8. The maximum absolute atomic E-state index is 11.8. The van der Waals surface area contributed by atoms with Crippen molar-refractivity contribution in [3.63, 3.8) is 0 Å². The quantitative estimate of drug-likeness (QED) is 0.569. The predicted molar refractivity (Wildman–Crippen MR) is 75.5 cm³/mol. The van der Waals surface area contributed by atoms with Gasteiger partial charge in [-0.05, 0) is 37.0 Å². The van der Waals surface area contributed by atoms with Crippen LogP contribution < -0.4 is 10.1 Å². The van der Waals surface area contributed by atoms with Crippen LogP contribution in [-0.4, -0.2) is 31.3 Å². The molecule has 2 N–H and O–H groups in total. The van der Waals surface area contributed by atoms with Gasteiger partial charge in [0.1, 0.15) is 11.1 Å². The topological polar surface area (TPSA) is 58.6 Å². The van der Waals surface area contributed by atoms with Gasteiger partial charge in [-0.1, -0.05) is 12.1 Å². The van der Waals surface area contributed by atoms with E-state index in [1.54, 1.807) is 31.4 Å². The van der Waals surface area contributed by atoms with Gasteiger partial charge >= 0.3 is 0 Å². The molecule has 0 bridgehead atoms. The predicted octanol–water partition coefficient (Wildman–Crippen LogP) is 2.25. The van der Waals surface area contributed by atoms with E-state index in [1.807, 2.05) is 0 Å². The Morgan fingerprint density at radius 2 is 2.00 bits per heavy atom. The number of rotatable bonds is 8. The summed E-state index contributed by atoms with van der Waals surface area (Å²) < 4.78 is 5.05. The van der Waals surface area contributed by atoms with Crippen LogP contribution in [0.5, 0.6) is 5.75 Å². The van der Waals surface area contributed by atoms with Crippen LogP contribution in [0.3, 0.4) is 0 Å². The summed E-state index contributed by atoms with van der Waals surface area (Å²) in [5.74, 6) is 0.535. The number of aliphatic hydroxyl groups is 1. The molecule has 106 valence electrons. The number of hydrogen-bond donors (Lipinski definition) is 2. The number of unbranched alkanes of at least 4 members (excludes halogenated alkanes) is 2. The zero-order valence-electron chi connectivity index (χ0n) is 11.1. The molecule has 0 aliphatic rings. The van der Waals surface area contributed by atoms with Crippen molar-refractivity contribution in [2.45, 2.75) is 24.6 Å². The number of methoxy groups -OCH3 is 1. The molecule has 0 saturated carbocycles. The van der Waals surface area contributed by atoms with E-state index >= 15 is 0 Å². The number of carbonyl (C=O) groups is 1. The SMILES string of the molecule is COc1ccc(C(Cl)C(=O)NCCCCCO)cc1. The summed E-state index contributed by atoms with van der Waals surface area (Å²) in [7, 11) is 1.59. The third-order valence-corrected chi connectivity index (χ3v) is 3.22. The zero-order valence-corrected chi connectivity index (χ0v) is 11.8. The Bertz CT molecular complexity index is 381. The number of carbonyl (C=O) groups excluding carboxylic acids is 1. The van der Waals surface area contributed by atoms with Crippen molar-refractivity contribution in [3.05, 3.63) is 29.8 Å². The number of hydrogen-bond acceptors (Lipinski definition) is 3. The molecule has 0 saturated heterocycles. The fraction of sp³-hybridized carbons (Fsp3) is 0.500. The number of halogens is 1. The van der Waals surface area contributed by atoms with E-state index in [2.05, 4.69) is 5.32 Å². The van der Waals surface area contributed by atoms with Crippen molar-refractivity contribution in [2.24, 2.45) is 0 Å². The van der Waals surface area contributed by atoms with Gasteiger partial charge in [0.05, 0.1) is 7.11 Å². The van der Waals surface area contributed by atoms with Crippen molar-refractivity contribution in [1.29, 1.82) is 0 Å². The molecule has 4 nitrogen and oxygen atoms in total. The van der Waals surface area contributed by atoms with E-state index in [0.717, 1.165) is 30.6 Å². The molecule has 1 atom stereocenters. The lowest BCUT2D eigenvalue weighted by atomic mass is 10.1. The molecule has 0 fully saturated rings. The first-order chi connectivity index (χ1) is 9.19. The van der Waals surface area contributed by atoms with Gasteiger partial charge in [0.2, 0.25) is 5.91 Å². The first kappa shape index (κ1) is 15.8. The van der Waals surface area contributed by atoms with Crippen LogP contribution in [0, 0.1) is 0 Å². The Morgan fingerprint density at radius 1 is 1.32 bits per heavy atom. The minimum absolute atomic E-state index is 0.192. The number of aliphatic hydroxyl groups excluding tert-OH is 1. The van der Waals surface area contributed by atoms with Gasteiger partial charge in [0.15, 0.2) is 0 Å². The summed E-state index contributed by atoms with van der Waals surface area (Å²) in [6.45, 7) is 0.774. The van der Waals surface area contributed by atoms with Crippen LogP contribution in [0.25, 0.3) is 0 Å². The minimum atomic E-state index is -0.691. The fourth-order valence-corrected chi connectivity index (χ4v) is 1.86. The standard InChI is InChI=1S/C14H20ClNO3/c1-19-12-7-5-11(6-8-12)13(15)14(18)16-9-3-2-4-10-17/h5-8,13,17H,2-4,9-10H2,1H3,(H,16,18). The lowest BCUT2D eigenvalue weighted by Gasteiger charge is -2.11. The van der Waals surface area contributed by atoms with Gasteiger partial charge in [0, 0.05) is 13.2 Å². The largest absolute Gasteiger partial charge is 0.497 e. The van der Waals surface area contributed by atoms with E-state index in [9.17, 15) is 4.79 Å². The molecule has 0 heterocycles. The Hall–Kier alpha value is -1.26. The van der Waals surface area contributed by atoms with Gasteiger partial charge in [0.25, 0.3) is 0 Å². The van der Waals surface area contributed by atoms with Crippen molar-refractivity contribution in [2.75, 3.05) is 20.3 Å². The number of nitrogens with one attached hydrogen (secondary N) is 1. The summed E-state index contributed by atoms with van der Waals surface area (Å²) in [5.41, 5.74) is 0.746. The van der Waals surface area contributed by atoms with Crippen LogP contribution in [0.1, 0.15) is 30.2 Å². The first-order valence-electron chi connectivity index (χ1n) is 6.35. The lowest BCUT2D eigenvalue weighted by Crippen LogP contribution is -2.27. The highest BCUT2D eigenvalue weighted by atomic mass is 35.5. The number of benzene rings is 1. The number of ether oxygens (including phenoxy) is 1. The monoisotopic (exact) mass is 285 g/mol. The summed E-state index contributed by atoms with van der Waals surface area (Å²) >= 11 is 6.10. The van der Waals surface area contributed by atoms with E-state index in [0.29, 0.717) is 6.54 Å². The normalized spacial score (nSPS) is 11.9. The van der Waals surface area contributed by atoms with Gasteiger partial charge in [-0.2, -0.15) is 0 Å². The second-order valence-electron chi connectivity index (χ2n) is 4.21. The van der Waals surface area contributed by atoms with Crippen molar-refractivity contribution >= 4 is 17.5 Å². The molecule has 1 unspecified atom stereocenters. The summed E-state index contributed by atoms with van der Waals surface area (Å²) in [5, 5.41) is 10.7. The highest BCUT2D eigenvalue weighted by Gasteiger charge is 2.16. The summed E-state index contributed by atoms with van der Waals surface area (Å²) in [6, 6.07) is 7.11. The average molecular weight is 286 g/mol. The molecule has 0 spiro atoms. The average Bonchev–Trinajstić information content (AvgIpc) is 2.46. The summed E-state index contributed by atoms with van der Waals surface area (Å²) in [6.07, 6.45) is 2.50. The molecule has 19 heavy (non-hydrogen) atoms. The lowest BCUT2D eigenvalue weighted by molar-refractivity contribution is -0.120. The molecular formula is C14H20ClNO3. The first-order valence-corrected chi connectivity index (χ1v) is 6.79. The fourth-order valence-electron chi connectivity index (χ4n) is 1.64. The number of alkyl halides is 1. The van der Waals surface area contributed by atoms with Crippen LogP contribution in [-0.2, 0) is 4.79 Å². The van der Waals surface area contributed by atoms with Crippen LogP contribution >= 0.6 is 11.6 Å². The molecule has 5 heteroatoms. The second kappa shape index (κ2) is 8.77. The molecule has 1 rings (SSSR count). The third-order valence-electron chi connectivity index (χ3n) is 2.77. The Kier molecular flexibility index (Phi) is 7.30. The van der Waals surface area contributed by atoms with Crippen molar-refractivity contribution in [3.8, 4) is 5.75 Å². The van der Waals surface area contributed by atoms with E-state index in [4.69, 9.17) is 21.4 Å². The molecule has 1 aromatic rings. The molecule has 1 aromatic carbocycles. The molecule has 1 amide bonds. The van der Waals surface area contributed by atoms with Gasteiger partial charge < -0.3 is 15.2 Å². The number of amides is 1. The van der Waals surface area contributed by atoms with Crippen molar-refractivity contribution in [1.82, 2.24) is 5.32 Å². The van der Waals surface area contributed by atoms with E-state index in [-0.39, 0.29) is 12.5 Å². The van der Waals surface area contributed by atoms with Gasteiger partial charge in [-0.25, -0.2) is 0 Å². The molecule has 0 aromatic heterocycles. The van der Waals surface area contributed by atoms with E-state index < -0.39 is 5.38 Å². The molecule has 0 aliphatic carbocycles. The van der Waals surface area contributed by atoms with Crippen LogP contribution in [0.4, 0.5) is 0 Å². The van der Waals surface area contributed by atoms with Gasteiger partial charge in [-0.15, -0.1) is 11.6 Å². The molecule has 0 radical (unpaired) electrons. The second-order valence-corrected chi connectivity index (χ2v) is 4.65. The third kappa shape index (κ3) is 5.49. The zero-order chi connectivity index (χ0) is 14.1. The Balaban J connectivity index is 2.38. The Labute approximate surface area is 118 Å².